The number of benzene rings is 1. The van der Waals surface area contributed by atoms with Gasteiger partial charge in [-0.15, -0.1) is 0 Å². The predicted octanol–water partition coefficient (Wildman–Crippen LogP) is 3.78. The summed E-state index contributed by atoms with van der Waals surface area (Å²) in [5, 5.41) is 4.24. The van der Waals surface area contributed by atoms with Gasteiger partial charge in [-0.1, -0.05) is 31.0 Å². The summed E-state index contributed by atoms with van der Waals surface area (Å²) in [5.41, 5.74) is 4.20. The molecule has 1 saturated heterocycles. The molecule has 0 unspecified atom stereocenters. The minimum absolute atomic E-state index is 0.101. The van der Waals surface area contributed by atoms with Crippen LogP contribution in [-0.2, 0) is 11.2 Å². The Bertz CT molecular complexity index is 748. The van der Waals surface area contributed by atoms with E-state index in [-0.39, 0.29) is 5.91 Å². The van der Waals surface area contributed by atoms with Crippen molar-refractivity contribution >= 4 is 16.8 Å². The highest BCUT2D eigenvalue weighted by Crippen LogP contribution is 2.22. The zero-order chi connectivity index (χ0) is 18.4. The van der Waals surface area contributed by atoms with Crippen molar-refractivity contribution in [1.82, 2.24) is 15.2 Å². The van der Waals surface area contributed by atoms with Crippen molar-refractivity contribution in [2.45, 2.75) is 52.4 Å². The Labute approximate surface area is 157 Å². The molecule has 1 fully saturated rings. The zero-order valence-electron chi connectivity index (χ0n) is 16.2. The van der Waals surface area contributed by atoms with Gasteiger partial charge in [0.05, 0.1) is 11.9 Å². The average molecular weight is 354 g/mol. The van der Waals surface area contributed by atoms with Gasteiger partial charge in [0.2, 0.25) is 5.91 Å². The molecule has 0 aliphatic carbocycles. The lowest BCUT2D eigenvalue weighted by Crippen LogP contribution is -2.31. The van der Waals surface area contributed by atoms with Crippen molar-refractivity contribution in [1.29, 1.82) is 0 Å². The van der Waals surface area contributed by atoms with Crippen LogP contribution in [0.5, 0.6) is 0 Å². The van der Waals surface area contributed by atoms with E-state index in [2.05, 4.69) is 28.2 Å². The summed E-state index contributed by atoms with van der Waals surface area (Å²) in [6.07, 6.45) is 6.82. The van der Waals surface area contributed by atoms with Crippen LogP contribution in [0, 0.1) is 13.8 Å². The van der Waals surface area contributed by atoms with E-state index in [1.807, 2.05) is 25.1 Å². The number of nitrogens with one attached hydrogen (secondary N) is 1. The van der Waals surface area contributed by atoms with Crippen LogP contribution in [-0.4, -0.2) is 42.0 Å². The van der Waals surface area contributed by atoms with E-state index in [4.69, 9.17) is 0 Å². The summed E-state index contributed by atoms with van der Waals surface area (Å²) in [6.45, 7) is 8.38. The van der Waals surface area contributed by atoms with Crippen LogP contribution in [0.2, 0.25) is 0 Å². The van der Waals surface area contributed by atoms with Crippen molar-refractivity contribution in [3.05, 3.63) is 41.1 Å². The van der Waals surface area contributed by atoms with Crippen LogP contribution in [0.3, 0.4) is 0 Å². The number of carbonyl (C=O) groups excluding carboxylic acids is 1. The standard InChI is InChI=1S/C22H31N3O/c1-17-19-10-5-6-11-21(19)24-18(2)20(17)16-22(26)23-12-9-15-25-13-7-3-4-8-14-25/h5-6,10-11H,3-4,7-9,12-16H2,1-2H3,(H,23,26). The Kier molecular flexibility index (Phi) is 6.62. The van der Waals surface area contributed by atoms with E-state index in [1.165, 1.54) is 44.3 Å². The number of rotatable bonds is 6. The highest BCUT2D eigenvalue weighted by atomic mass is 16.1. The Hall–Kier alpha value is -1.94. The summed E-state index contributed by atoms with van der Waals surface area (Å²) < 4.78 is 0. The first-order chi connectivity index (χ1) is 12.6. The van der Waals surface area contributed by atoms with Crippen molar-refractivity contribution in [3.8, 4) is 0 Å². The number of aromatic nitrogens is 1. The average Bonchev–Trinajstić information content (AvgIpc) is 2.91. The zero-order valence-corrected chi connectivity index (χ0v) is 16.2. The monoisotopic (exact) mass is 353 g/mol. The molecule has 0 atom stereocenters. The molecular weight excluding hydrogens is 322 g/mol. The first-order valence-corrected chi connectivity index (χ1v) is 9.99. The van der Waals surface area contributed by atoms with Gasteiger partial charge in [-0.25, -0.2) is 0 Å². The number of amides is 1. The van der Waals surface area contributed by atoms with Gasteiger partial charge in [-0.2, -0.15) is 0 Å². The SMILES string of the molecule is Cc1nc2ccccc2c(C)c1CC(=O)NCCCN1CCCCCC1. The van der Waals surface area contributed by atoms with Crippen molar-refractivity contribution in [2.24, 2.45) is 0 Å². The van der Waals surface area contributed by atoms with Crippen molar-refractivity contribution in [3.63, 3.8) is 0 Å². The topological polar surface area (TPSA) is 45.2 Å². The molecule has 1 amide bonds. The highest BCUT2D eigenvalue weighted by molar-refractivity contribution is 5.86. The Morgan fingerprint density at radius 1 is 1.12 bits per heavy atom. The largest absolute Gasteiger partial charge is 0.356 e. The van der Waals surface area contributed by atoms with Gasteiger partial charge in [0.25, 0.3) is 0 Å². The number of fused-ring (bicyclic) bond motifs is 1. The van der Waals surface area contributed by atoms with Crippen LogP contribution >= 0.6 is 0 Å². The van der Waals surface area contributed by atoms with E-state index in [9.17, 15) is 4.79 Å². The smallest absolute Gasteiger partial charge is 0.224 e. The molecule has 0 bridgehead atoms. The van der Waals surface area contributed by atoms with Gasteiger partial charge in [-0.3, -0.25) is 9.78 Å². The maximum absolute atomic E-state index is 12.4. The Balaban J connectivity index is 1.51. The summed E-state index contributed by atoms with van der Waals surface area (Å²) in [5.74, 6) is 0.101. The normalized spacial score (nSPS) is 15.8. The molecule has 1 aliphatic heterocycles. The fraction of sp³-hybridized carbons (Fsp3) is 0.545. The molecule has 1 N–H and O–H groups in total. The summed E-state index contributed by atoms with van der Waals surface area (Å²) in [7, 11) is 0. The van der Waals surface area contributed by atoms with Crippen LogP contribution < -0.4 is 5.32 Å². The second-order valence-corrected chi connectivity index (χ2v) is 7.45. The molecule has 2 heterocycles. The van der Waals surface area contributed by atoms with Crippen LogP contribution in [0.15, 0.2) is 24.3 Å². The van der Waals surface area contributed by atoms with Gasteiger partial charge >= 0.3 is 0 Å². The van der Waals surface area contributed by atoms with Gasteiger partial charge in [0, 0.05) is 17.6 Å². The second-order valence-electron chi connectivity index (χ2n) is 7.45. The number of pyridine rings is 1. The minimum Gasteiger partial charge on any atom is -0.356 e. The Morgan fingerprint density at radius 2 is 1.85 bits per heavy atom. The van der Waals surface area contributed by atoms with E-state index in [1.54, 1.807) is 0 Å². The third-order valence-corrected chi connectivity index (χ3v) is 5.49. The quantitative estimate of drug-likeness (QED) is 0.804. The number of para-hydroxylation sites is 1. The fourth-order valence-corrected chi connectivity index (χ4v) is 3.94. The minimum atomic E-state index is 0.101. The maximum Gasteiger partial charge on any atom is 0.224 e. The maximum atomic E-state index is 12.4. The summed E-state index contributed by atoms with van der Waals surface area (Å²) in [6, 6.07) is 8.14. The molecule has 1 aromatic carbocycles. The first kappa shape index (κ1) is 18.8. The summed E-state index contributed by atoms with van der Waals surface area (Å²) >= 11 is 0. The molecule has 26 heavy (non-hydrogen) atoms. The molecule has 1 aliphatic rings. The van der Waals surface area contributed by atoms with Crippen LogP contribution in [0.1, 0.15) is 48.9 Å². The van der Waals surface area contributed by atoms with Crippen molar-refractivity contribution in [2.75, 3.05) is 26.2 Å². The molecule has 0 spiro atoms. The number of carbonyl (C=O) groups is 1. The van der Waals surface area contributed by atoms with Crippen molar-refractivity contribution < 1.29 is 4.79 Å². The van der Waals surface area contributed by atoms with E-state index >= 15 is 0 Å². The molecule has 0 saturated carbocycles. The third kappa shape index (κ3) is 4.82. The third-order valence-electron chi connectivity index (χ3n) is 5.49. The molecule has 140 valence electrons. The Morgan fingerprint density at radius 3 is 2.62 bits per heavy atom. The first-order valence-electron chi connectivity index (χ1n) is 9.99. The number of hydrogen-bond donors (Lipinski definition) is 1. The molecule has 0 radical (unpaired) electrons. The van der Waals surface area contributed by atoms with Gasteiger partial charge in [0.15, 0.2) is 0 Å². The number of hydrogen-bond acceptors (Lipinski definition) is 3. The predicted molar refractivity (Wildman–Crippen MR) is 107 cm³/mol. The number of aryl methyl sites for hydroxylation is 2. The molecule has 1 aromatic heterocycles. The van der Waals surface area contributed by atoms with Gasteiger partial charge in [-0.05, 0) is 69.9 Å². The fourth-order valence-electron chi connectivity index (χ4n) is 3.94. The van der Waals surface area contributed by atoms with Gasteiger partial charge < -0.3 is 10.2 Å². The molecule has 3 rings (SSSR count). The lowest BCUT2D eigenvalue weighted by Gasteiger charge is -2.19. The summed E-state index contributed by atoms with van der Waals surface area (Å²) in [4.78, 5) is 19.6. The highest BCUT2D eigenvalue weighted by Gasteiger charge is 2.13. The molecule has 4 heteroatoms. The van der Waals surface area contributed by atoms with E-state index in [0.29, 0.717) is 6.42 Å². The number of nitrogens with zero attached hydrogens (tertiary/aromatic N) is 2. The molecular formula is C22H31N3O. The van der Waals surface area contributed by atoms with Crippen LogP contribution in [0.25, 0.3) is 10.9 Å². The lowest BCUT2D eigenvalue weighted by atomic mass is 9.99. The number of likely N-dealkylation sites (tertiary alicyclic amines) is 1. The van der Waals surface area contributed by atoms with Gasteiger partial charge in [0.1, 0.15) is 0 Å². The second kappa shape index (κ2) is 9.13. The van der Waals surface area contributed by atoms with E-state index < -0.39 is 0 Å². The molecule has 4 nitrogen and oxygen atoms in total. The van der Waals surface area contributed by atoms with E-state index in [0.717, 1.165) is 41.7 Å². The van der Waals surface area contributed by atoms with Crippen LogP contribution in [0.4, 0.5) is 0 Å². The molecule has 2 aromatic rings. The lowest BCUT2D eigenvalue weighted by molar-refractivity contribution is -0.120.